The van der Waals surface area contributed by atoms with Crippen LogP contribution in [0.25, 0.3) is 21.8 Å². The van der Waals surface area contributed by atoms with Gasteiger partial charge in [-0.15, -0.1) is 0 Å². The van der Waals surface area contributed by atoms with Crippen LogP contribution in [0.4, 0.5) is 0 Å². The average molecular weight is 391 g/mol. The van der Waals surface area contributed by atoms with E-state index in [1.807, 2.05) is 30.3 Å². The van der Waals surface area contributed by atoms with Gasteiger partial charge in [0, 0.05) is 34.2 Å². The van der Waals surface area contributed by atoms with E-state index in [1.165, 1.54) is 7.11 Å². The minimum atomic E-state index is -0.563. The van der Waals surface area contributed by atoms with Gasteiger partial charge in [-0.2, -0.15) is 0 Å². The molecule has 1 aliphatic heterocycles. The van der Waals surface area contributed by atoms with Gasteiger partial charge in [0.1, 0.15) is 5.76 Å². The van der Waals surface area contributed by atoms with Crippen LogP contribution < -0.4 is 9.47 Å². The van der Waals surface area contributed by atoms with E-state index in [4.69, 9.17) is 14.5 Å². The first-order valence-corrected chi connectivity index (χ1v) is 10.0. The highest BCUT2D eigenvalue weighted by Crippen LogP contribution is 2.56. The maximum absolute atomic E-state index is 11.0. The zero-order chi connectivity index (χ0) is 20.5. The Labute approximate surface area is 169 Å². The summed E-state index contributed by atoms with van der Waals surface area (Å²) >= 11 is 0. The van der Waals surface area contributed by atoms with Crippen molar-refractivity contribution in [3.63, 3.8) is 0 Å². The summed E-state index contributed by atoms with van der Waals surface area (Å²) in [6.07, 6.45) is 0.862. The molecule has 0 fully saturated rings. The van der Waals surface area contributed by atoms with Gasteiger partial charge in [-0.1, -0.05) is 39.0 Å². The molecule has 2 N–H and O–H groups in total. The molecule has 0 amide bonds. The predicted molar refractivity (Wildman–Crippen MR) is 113 cm³/mol. The zero-order valence-corrected chi connectivity index (χ0v) is 17.1. The topological polar surface area (TPSA) is 71.8 Å². The highest BCUT2D eigenvalue weighted by atomic mass is 16.5. The number of aliphatic hydroxyl groups is 1. The third-order valence-electron chi connectivity index (χ3n) is 6.30. The summed E-state index contributed by atoms with van der Waals surface area (Å²) in [4.78, 5) is 4.87. The molecule has 2 unspecified atom stereocenters. The number of hydrogen-bond donors (Lipinski definition) is 2. The molecule has 2 heterocycles. The number of aromatic nitrogens is 1. The first-order valence-electron chi connectivity index (χ1n) is 10.0. The molecule has 5 heteroatoms. The lowest BCUT2D eigenvalue weighted by atomic mass is 9.71. The lowest BCUT2D eigenvalue weighted by Crippen LogP contribution is -2.34. The van der Waals surface area contributed by atoms with Gasteiger partial charge in [-0.25, -0.2) is 4.98 Å². The molecular weight excluding hydrogens is 366 g/mol. The average Bonchev–Trinajstić information content (AvgIpc) is 2.65. The number of benzene rings is 2. The van der Waals surface area contributed by atoms with Crippen molar-refractivity contribution in [2.45, 2.75) is 45.6 Å². The predicted octanol–water partition coefficient (Wildman–Crippen LogP) is 5.03. The van der Waals surface area contributed by atoms with Crippen molar-refractivity contribution in [3.05, 3.63) is 47.2 Å². The second-order valence-electron chi connectivity index (χ2n) is 8.97. The SMILES string of the molecule is COc1c2c(c3nc4ccccc4cc3c1O)C(C)C1=C(CC(C)(C)CC1O)O2. The second kappa shape index (κ2) is 6.10. The molecule has 0 saturated carbocycles. The first-order chi connectivity index (χ1) is 13.8. The molecule has 1 aromatic heterocycles. The van der Waals surface area contributed by atoms with Crippen molar-refractivity contribution in [1.29, 1.82) is 0 Å². The minimum Gasteiger partial charge on any atom is -0.504 e. The summed E-state index contributed by atoms with van der Waals surface area (Å²) < 4.78 is 11.9. The molecule has 0 radical (unpaired) electrons. The molecule has 150 valence electrons. The number of hydrogen-bond acceptors (Lipinski definition) is 5. The van der Waals surface area contributed by atoms with E-state index in [2.05, 4.69) is 20.8 Å². The minimum absolute atomic E-state index is 0.0337. The molecule has 0 bridgehead atoms. The maximum atomic E-state index is 11.0. The van der Waals surface area contributed by atoms with Gasteiger partial charge in [0.05, 0.1) is 24.2 Å². The fourth-order valence-corrected chi connectivity index (χ4v) is 4.99. The van der Waals surface area contributed by atoms with Gasteiger partial charge in [0.2, 0.25) is 5.75 Å². The van der Waals surface area contributed by atoms with Crippen LogP contribution in [0, 0.1) is 5.41 Å². The Bertz CT molecular complexity index is 1190. The van der Waals surface area contributed by atoms with E-state index in [-0.39, 0.29) is 17.1 Å². The molecule has 2 atom stereocenters. The first kappa shape index (κ1) is 18.3. The third-order valence-corrected chi connectivity index (χ3v) is 6.30. The zero-order valence-electron chi connectivity index (χ0n) is 17.1. The van der Waals surface area contributed by atoms with Crippen LogP contribution in [0.3, 0.4) is 0 Å². The summed E-state index contributed by atoms with van der Waals surface area (Å²) in [6.45, 7) is 6.34. The number of rotatable bonds is 1. The molecular formula is C24H25NO4. The lowest BCUT2D eigenvalue weighted by molar-refractivity contribution is 0.100. The van der Waals surface area contributed by atoms with Crippen LogP contribution in [0.1, 0.15) is 45.1 Å². The van der Waals surface area contributed by atoms with E-state index in [9.17, 15) is 10.2 Å². The molecule has 5 nitrogen and oxygen atoms in total. The number of nitrogens with zero attached hydrogens (tertiary/aromatic N) is 1. The smallest absolute Gasteiger partial charge is 0.204 e. The number of methoxy groups -OCH3 is 1. The molecule has 5 rings (SSSR count). The van der Waals surface area contributed by atoms with Crippen molar-refractivity contribution in [3.8, 4) is 17.2 Å². The quantitative estimate of drug-likeness (QED) is 0.569. The van der Waals surface area contributed by atoms with Gasteiger partial charge in [-0.05, 0) is 24.0 Å². The number of phenols is 1. The molecule has 3 aromatic rings. The molecule has 0 spiro atoms. The van der Waals surface area contributed by atoms with Crippen molar-refractivity contribution < 1.29 is 19.7 Å². The summed E-state index contributed by atoms with van der Waals surface area (Å²) in [5, 5.41) is 23.5. The van der Waals surface area contributed by atoms with Crippen LogP contribution in [0.2, 0.25) is 0 Å². The summed E-state index contributed by atoms with van der Waals surface area (Å²) in [5.74, 6) is 1.56. The number of fused-ring (bicyclic) bond motifs is 4. The summed E-state index contributed by atoms with van der Waals surface area (Å²) in [7, 11) is 1.53. The number of para-hydroxylation sites is 1. The fourth-order valence-electron chi connectivity index (χ4n) is 4.99. The fraction of sp³-hybridized carbons (Fsp3) is 0.375. The molecule has 29 heavy (non-hydrogen) atoms. The van der Waals surface area contributed by atoms with Crippen LogP contribution in [-0.4, -0.2) is 28.4 Å². The Morgan fingerprint density at radius 2 is 2.00 bits per heavy atom. The summed E-state index contributed by atoms with van der Waals surface area (Å²) in [5.41, 5.74) is 3.26. The normalized spacial score (nSPS) is 22.9. The van der Waals surface area contributed by atoms with Gasteiger partial charge < -0.3 is 19.7 Å². The van der Waals surface area contributed by atoms with Gasteiger partial charge in [-0.3, -0.25) is 0 Å². The van der Waals surface area contributed by atoms with E-state index in [0.717, 1.165) is 34.2 Å². The van der Waals surface area contributed by atoms with Crippen molar-refractivity contribution in [1.82, 2.24) is 4.98 Å². The van der Waals surface area contributed by atoms with Crippen LogP contribution in [0.5, 0.6) is 17.2 Å². The monoisotopic (exact) mass is 391 g/mol. The van der Waals surface area contributed by atoms with E-state index < -0.39 is 6.10 Å². The number of aromatic hydroxyl groups is 1. The van der Waals surface area contributed by atoms with Crippen LogP contribution in [-0.2, 0) is 0 Å². The van der Waals surface area contributed by atoms with Gasteiger partial charge in [0.25, 0.3) is 0 Å². The van der Waals surface area contributed by atoms with Crippen molar-refractivity contribution >= 4 is 21.8 Å². The van der Waals surface area contributed by atoms with Crippen LogP contribution in [0.15, 0.2) is 41.7 Å². The Balaban J connectivity index is 1.84. The lowest BCUT2D eigenvalue weighted by Gasteiger charge is -2.41. The van der Waals surface area contributed by atoms with Crippen LogP contribution >= 0.6 is 0 Å². The maximum Gasteiger partial charge on any atom is 0.204 e. The highest BCUT2D eigenvalue weighted by Gasteiger charge is 2.42. The molecule has 2 aromatic carbocycles. The third kappa shape index (κ3) is 2.60. The number of ether oxygens (including phenoxy) is 2. The molecule has 2 aliphatic rings. The second-order valence-corrected chi connectivity index (χ2v) is 8.97. The number of phenolic OH excluding ortho intramolecular Hbond substituents is 1. The van der Waals surface area contributed by atoms with Gasteiger partial charge in [0.15, 0.2) is 11.5 Å². The van der Waals surface area contributed by atoms with E-state index in [0.29, 0.717) is 28.8 Å². The van der Waals surface area contributed by atoms with Crippen molar-refractivity contribution in [2.75, 3.05) is 7.11 Å². The standard InChI is InChI=1S/C24H25NO4/c1-12-18-16(26)10-24(2,3)11-17(18)29-22-19(12)20-14(21(27)23(22)28-4)9-13-7-5-6-8-15(13)25-20/h5-9,12,16,26-27H,10-11H2,1-4H3. The highest BCUT2D eigenvalue weighted by molar-refractivity contribution is 6.01. The largest absolute Gasteiger partial charge is 0.504 e. The Hall–Kier alpha value is -2.79. The van der Waals surface area contributed by atoms with E-state index in [1.54, 1.807) is 0 Å². The molecule has 0 saturated heterocycles. The Morgan fingerprint density at radius 1 is 1.24 bits per heavy atom. The summed E-state index contributed by atoms with van der Waals surface area (Å²) in [6, 6.07) is 9.77. The van der Waals surface area contributed by atoms with Gasteiger partial charge >= 0.3 is 0 Å². The Morgan fingerprint density at radius 3 is 2.76 bits per heavy atom. The number of allylic oxidation sites excluding steroid dienone is 1. The molecule has 1 aliphatic carbocycles. The number of aliphatic hydroxyl groups excluding tert-OH is 1. The Kier molecular flexibility index (Phi) is 3.84. The number of pyridine rings is 1. The van der Waals surface area contributed by atoms with E-state index >= 15 is 0 Å². The van der Waals surface area contributed by atoms with Crippen molar-refractivity contribution in [2.24, 2.45) is 5.41 Å².